The molecule has 0 fully saturated rings. The number of rotatable bonds is 12. The van der Waals surface area contributed by atoms with E-state index in [1.807, 2.05) is 42.2 Å². The van der Waals surface area contributed by atoms with Crippen LogP contribution in [0.4, 0.5) is 5.69 Å². The van der Waals surface area contributed by atoms with Crippen LogP contribution in [0, 0.1) is 0 Å². The molecule has 1 N–H and O–H groups in total. The fourth-order valence-electron chi connectivity index (χ4n) is 3.32. The zero-order valence-corrected chi connectivity index (χ0v) is 19.5. The van der Waals surface area contributed by atoms with Crippen molar-refractivity contribution in [3.8, 4) is 17.2 Å². The average molecular weight is 444 g/mol. The number of ether oxygens (including phenoxy) is 3. The maximum Gasteiger partial charge on any atom is 0.238 e. The van der Waals surface area contributed by atoms with Crippen LogP contribution in [-0.4, -0.2) is 69.6 Å². The minimum atomic E-state index is -0.196. The fourth-order valence-corrected chi connectivity index (χ4v) is 3.32. The molecule has 0 atom stereocenters. The van der Waals surface area contributed by atoms with E-state index in [-0.39, 0.29) is 24.9 Å². The molecule has 0 unspecified atom stereocenters. The molecule has 8 nitrogen and oxygen atoms in total. The molecular weight excluding hydrogens is 410 g/mol. The van der Waals surface area contributed by atoms with Gasteiger partial charge in [-0.15, -0.1) is 0 Å². The number of benzene rings is 2. The van der Waals surface area contributed by atoms with Crippen LogP contribution in [0.15, 0.2) is 42.5 Å². The van der Waals surface area contributed by atoms with E-state index in [0.29, 0.717) is 36.0 Å². The molecule has 32 heavy (non-hydrogen) atoms. The van der Waals surface area contributed by atoms with Crippen molar-refractivity contribution in [1.29, 1.82) is 0 Å². The van der Waals surface area contributed by atoms with Crippen molar-refractivity contribution in [3.05, 3.63) is 48.0 Å². The smallest absolute Gasteiger partial charge is 0.238 e. The van der Waals surface area contributed by atoms with Gasteiger partial charge in [-0.3, -0.25) is 14.5 Å². The number of hydrogen-bond donors (Lipinski definition) is 1. The van der Waals surface area contributed by atoms with Crippen LogP contribution in [0.3, 0.4) is 0 Å². The van der Waals surface area contributed by atoms with Gasteiger partial charge >= 0.3 is 0 Å². The second kappa shape index (κ2) is 12.6. The van der Waals surface area contributed by atoms with E-state index in [1.165, 1.54) is 0 Å². The number of methoxy groups -OCH3 is 3. The molecule has 0 aliphatic heterocycles. The van der Waals surface area contributed by atoms with E-state index in [2.05, 4.69) is 5.32 Å². The predicted molar refractivity (Wildman–Crippen MR) is 124 cm³/mol. The summed E-state index contributed by atoms with van der Waals surface area (Å²) in [5, 5.41) is 2.86. The van der Waals surface area contributed by atoms with E-state index >= 15 is 0 Å². The number of amides is 2. The van der Waals surface area contributed by atoms with E-state index in [1.54, 1.807) is 45.4 Å². The zero-order valence-electron chi connectivity index (χ0n) is 19.5. The highest BCUT2D eigenvalue weighted by atomic mass is 16.5. The predicted octanol–water partition coefficient (Wildman–Crippen LogP) is 3.02. The van der Waals surface area contributed by atoms with Gasteiger partial charge in [0.15, 0.2) is 11.5 Å². The molecular formula is C24H33N3O5. The quantitative estimate of drug-likeness (QED) is 0.543. The number of carbonyl (C=O) groups excluding carboxylic acids is 2. The van der Waals surface area contributed by atoms with Gasteiger partial charge in [0, 0.05) is 13.6 Å². The molecule has 0 spiro atoms. The number of para-hydroxylation sites is 2. The third-order valence-corrected chi connectivity index (χ3v) is 4.94. The van der Waals surface area contributed by atoms with Gasteiger partial charge in [0.05, 0.1) is 40.1 Å². The van der Waals surface area contributed by atoms with Crippen molar-refractivity contribution in [1.82, 2.24) is 9.80 Å². The Labute approximate surface area is 190 Å². The summed E-state index contributed by atoms with van der Waals surface area (Å²) in [4.78, 5) is 28.9. The minimum Gasteiger partial charge on any atom is -0.495 e. The molecule has 0 radical (unpaired) electrons. The molecule has 2 aromatic rings. The van der Waals surface area contributed by atoms with Gasteiger partial charge in [-0.05, 0) is 42.8 Å². The standard InChI is InChI=1S/C24H33N3O5/c1-6-13-27(16-23(28)25-19-9-7-8-10-20(19)30-3)17-24(29)26(2)15-18-11-12-21(31-4)22(14-18)32-5/h7-12,14H,6,13,15-17H2,1-5H3,(H,25,28). The average Bonchev–Trinajstić information content (AvgIpc) is 2.79. The van der Waals surface area contributed by atoms with E-state index < -0.39 is 0 Å². The molecule has 0 aliphatic carbocycles. The Kier molecular flexibility index (Phi) is 9.81. The maximum absolute atomic E-state index is 12.8. The Morgan fingerprint density at radius 1 is 0.906 bits per heavy atom. The molecule has 2 rings (SSSR count). The first kappa shape index (κ1) is 25.0. The number of likely N-dealkylation sites (N-methyl/N-ethyl adjacent to an activating group) is 1. The lowest BCUT2D eigenvalue weighted by molar-refractivity contribution is -0.132. The number of anilines is 1. The van der Waals surface area contributed by atoms with E-state index in [9.17, 15) is 9.59 Å². The van der Waals surface area contributed by atoms with Gasteiger partial charge in [0.1, 0.15) is 5.75 Å². The third kappa shape index (κ3) is 7.16. The van der Waals surface area contributed by atoms with Crippen LogP contribution in [0.25, 0.3) is 0 Å². The summed E-state index contributed by atoms with van der Waals surface area (Å²) < 4.78 is 15.9. The Bertz CT molecular complexity index is 903. The van der Waals surface area contributed by atoms with Gasteiger partial charge < -0.3 is 24.4 Å². The Hall–Kier alpha value is -3.26. The summed E-state index contributed by atoms with van der Waals surface area (Å²) in [5.41, 5.74) is 1.53. The highest BCUT2D eigenvalue weighted by Gasteiger charge is 2.18. The van der Waals surface area contributed by atoms with Crippen molar-refractivity contribution in [2.24, 2.45) is 0 Å². The van der Waals surface area contributed by atoms with E-state index in [4.69, 9.17) is 14.2 Å². The van der Waals surface area contributed by atoms with E-state index in [0.717, 1.165) is 12.0 Å². The second-order valence-electron chi connectivity index (χ2n) is 7.40. The molecule has 0 aromatic heterocycles. The summed E-state index contributed by atoms with van der Waals surface area (Å²) >= 11 is 0. The van der Waals surface area contributed by atoms with Gasteiger partial charge in [-0.25, -0.2) is 0 Å². The Morgan fingerprint density at radius 2 is 1.59 bits per heavy atom. The van der Waals surface area contributed by atoms with Crippen LogP contribution in [0.5, 0.6) is 17.2 Å². The lowest BCUT2D eigenvalue weighted by Crippen LogP contribution is -2.42. The van der Waals surface area contributed by atoms with Gasteiger partial charge in [-0.2, -0.15) is 0 Å². The topological polar surface area (TPSA) is 80.3 Å². The van der Waals surface area contributed by atoms with Crippen molar-refractivity contribution in [3.63, 3.8) is 0 Å². The molecule has 2 aromatic carbocycles. The summed E-state index contributed by atoms with van der Waals surface area (Å²) in [6.07, 6.45) is 0.828. The highest BCUT2D eigenvalue weighted by Crippen LogP contribution is 2.28. The summed E-state index contributed by atoms with van der Waals surface area (Å²) in [6.45, 7) is 3.34. The summed E-state index contributed by atoms with van der Waals surface area (Å²) in [7, 11) is 6.47. The van der Waals surface area contributed by atoms with Crippen molar-refractivity contribution in [2.45, 2.75) is 19.9 Å². The van der Waals surface area contributed by atoms with Crippen LogP contribution in [0.2, 0.25) is 0 Å². The largest absolute Gasteiger partial charge is 0.495 e. The molecule has 0 saturated carbocycles. The van der Waals surface area contributed by atoms with Gasteiger partial charge in [-0.1, -0.05) is 25.1 Å². The number of hydrogen-bond acceptors (Lipinski definition) is 6. The van der Waals surface area contributed by atoms with Gasteiger partial charge in [0.25, 0.3) is 0 Å². The van der Waals surface area contributed by atoms with Crippen LogP contribution < -0.4 is 19.5 Å². The molecule has 2 amide bonds. The minimum absolute atomic E-state index is 0.0710. The van der Waals surface area contributed by atoms with Crippen LogP contribution >= 0.6 is 0 Å². The van der Waals surface area contributed by atoms with Crippen LogP contribution in [-0.2, 0) is 16.1 Å². The lowest BCUT2D eigenvalue weighted by atomic mass is 10.2. The van der Waals surface area contributed by atoms with Crippen molar-refractivity contribution in [2.75, 3.05) is 53.3 Å². The maximum atomic E-state index is 12.8. The molecule has 174 valence electrons. The Balaban J connectivity index is 1.97. The van der Waals surface area contributed by atoms with Gasteiger partial charge in [0.2, 0.25) is 11.8 Å². The normalized spacial score (nSPS) is 10.6. The lowest BCUT2D eigenvalue weighted by Gasteiger charge is -2.25. The first-order chi connectivity index (χ1) is 15.4. The monoisotopic (exact) mass is 443 g/mol. The second-order valence-corrected chi connectivity index (χ2v) is 7.40. The third-order valence-electron chi connectivity index (χ3n) is 4.94. The fraction of sp³-hybridized carbons (Fsp3) is 0.417. The highest BCUT2D eigenvalue weighted by molar-refractivity contribution is 5.94. The molecule has 8 heteroatoms. The first-order valence-corrected chi connectivity index (χ1v) is 10.5. The molecule has 0 saturated heterocycles. The summed E-state index contributed by atoms with van der Waals surface area (Å²) in [5.74, 6) is 1.58. The summed E-state index contributed by atoms with van der Waals surface area (Å²) in [6, 6.07) is 12.8. The molecule has 0 heterocycles. The Morgan fingerprint density at radius 3 is 2.25 bits per heavy atom. The number of carbonyl (C=O) groups is 2. The van der Waals surface area contributed by atoms with Crippen LogP contribution in [0.1, 0.15) is 18.9 Å². The number of nitrogens with one attached hydrogen (secondary N) is 1. The van der Waals surface area contributed by atoms with Crippen molar-refractivity contribution >= 4 is 17.5 Å². The molecule has 0 bridgehead atoms. The first-order valence-electron chi connectivity index (χ1n) is 10.5. The number of nitrogens with zero attached hydrogens (tertiary/aromatic N) is 2. The SMILES string of the molecule is CCCN(CC(=O)Nc1ccccc1OC)CC(=O)N(C)Cc1ccc(OC)c(OC)c1. The molecule has 0 aliphatic rings. The van der Waals surface area contributed by atoms with Crippen molar-refractivity contribution < 1.29 is 23.8 Å². The zero-order chi connectivity index (χ0) is 23.5.